The molecule has 1 aromatic heterocycles. The third-order valence-corrected chi connectivity index (χ3v) is 3.15. The first-order valence-electron chi connectivity index (χ1n) is 6.35. The second-order valence-electron chi connectivity index (χ2n) is 4.43. The summed E-state index contributed by atoms with van der Waals surface area (Å²) in [5, 5.41) is 21.1. The van der Waals surface area contributed by atoms with Crippen LogP contribution in [0.4, 0.5) is 10.5 Å². The fourth-order valence-corrected chi connectivity index (χ4v) is 2.09. The first-order chi connectivity index (χ1) is 9.65. The summed E-state index contributed by atoms with van der Waals surface area (Å²) in [5.41, 5.74) is 0.788. The van der Waals surface area contributed by atoms with Gasteiger partial charge in [-0.1, -0.05) is 0 Å². The fraction of sp³-hybridized carbons (Fsp3) is 0.462. The number of hydrogen-bond acceptors (Lipinski definition) is 5. The zero-order valence-corrected chi connectivity index (χ0v) is 11.1. The maximum absolute atomic E-state index is 12.2. The number of urea groups is 1. The van der Waals surface area contributed by atoms with Crippen LogP contribution in [0.25, 0.3) is 0 Å². The van der Waals surface area contributed by atoms with E-state index in [4.69, 9.17) is 10.00 Å². The van der Waals surface area contributed by atoms with Gasteiger partial charge in [0.2, 0.25) is 0 Å². The van der Waals surface area contributed by atoms with Crippen LogP contribution in [-0.4, -0.2) is 52.9 Å². The Bertz CT molecular complexity index is 511. The highest BCUT2D eigenvalue weighted by molar-refractivity contribution is 5.89. The van der Waals surface area contributed by atoms with Gasteiger partial charge >= 0.3 is 6.03 Å². The van der Waals surface area contributed by atoms with Gasteiger partial charge in [-0.2, -0.15) is 5.26 Å². The Labute approximate surface area is 116 Å². The number of rotatable bonds is 3. The summed E-state index contributed by atoms with van der Waals surface area (Å²) in [6.07, 6.45) is 0.756. The monoisotopic (exact) mass is 276 g/mol. The molecular weight excluding hydrogens is 260 g/mol. The van der Waals surface area contributed by atoms with Crippen molar-refractivity contribution >= 4 is 11.7 Å². The topological polar surface area (TPSA) is 98.5 Å². The molecule has 1 fully saturated rings. The summed E-state index contributed by atoms with van der Waals surface area (Å²) in [7, 11) is 0. The number of ether oxygens (including phenoxy) is 1. The molecule has 0 bridgehead atoms. The molecule has 0 aromatic carbocycles. The predicted molar refractivity (Wildman–Crippen MR) is 71.0 cm³/mol. The second-order valence-corrected chi connectivity index (χ2v) is 4.43. The molecule has 0 radical (unpaired) electrons. The van der Waals surface area contributed by atoms with Crippen LogP contribution in [0.5, 0.6) is 0 Å². The Hall–Kier alpha value is -2.17. The van der Waals surface area contributed by atoms with E-state index in [9.17, 15) is 9.90 Å². The number of pyridine rings is 1. The minimum Gasteiger partial charge on any atom is -0.388 e. The van der Waals surface area contributed by atoms with Crippen LogP contribution in [-0.2, 0) is 4.74 Å². The minimum absolute atomic E-state index is 0.243. The SMILES string of the molecule is CCN(C(=O)Nc1ccc(C#N)nc1)[C@H]1COC[C@@H]1O. The zero-order valence-electron chi connectivity index (χ0n) is 11.1. The third-order valence-electron chi connectivity index (χ3n) is 3.15. The summed E-state index contributed by atoms with van der Waals surface area (Å²) < 4.78 is 5.16. The number of aromatic nitrogens is 1. The highest BCUT2D eigenvalue weighted by atomic mass is 16.5. The summed E-state index contributed by atoms with van der Waals surface area (Å²) in [5.74, 6) is 0. The number of aliphatic hydroxyl groups is 1. The van der Waals surface area contributed by atoms with Crippen molar-refractivity contribution in [2.45, 2.75) is 19.1 Å². The molecule has 106 valence electrons. The van der Waals surface area contributed by atoms with Gasteiger partial charge in [-0.25, -0.2) is 9.78 Å². The molecule has 1 saturated heterocycles. The van der Waals surface area contributed by atoms with E-state index in [0.717, 1.165) is 0 Å². The first-order valence-corrected chi connectivity index (χ1v) is 6.35. The van der Waals surface area contributed by atoms with Crippen molar-refractivity contribution in [3.05, 3.63) is 24.0 Å². The number of anilines is 1. The van der Waals surface area contributed by atoms with E-state index in [-0.39, 0.29) is 24.4 Å². The first kappa shape index (κ1) is 14.2. The standard InChI is InChI=1S/C13H16N4O3/c1-2-17(11-7-20-8-12(11)18)13(19)16-10-4-3-9(5-14)15-6-10/h3-4,6,11-12,18H,2,7-8H2,1H3,(H,16,19)/t11-,12-/m0/s1. The summed E-state index contributed by atoms with van der Waals surface area (Å²) in [6, 6.07) is 4.38. The Morgan fingerprint density at radius 1 is 1.65 bits per heavy atom. The van der Waals surface area contributed by atoms with Crippen molar-refractivity contribution in [3.8, 4) is 6.07 Å². The lowest BCUT2D eigenvalue weighted by Crippen LogP contribution is -2.48. The number of amides is 2. The molecule has 2 amide bonds. The van der Waals surface area contributed by atoms with Crippen LogP contribution in [0.2, 0.25) is 0 Å². The maximum Gasteiger partial charge on any atom is 0.322 e. The van der Waals surface area contributed by atoms with Crippen LogP contribution in [0.3, 0.4) is 0 Å². The molecule has 7 nitrogen and oxygen atoms in total. The number of likely N-dealkylation sites (N-methyl/N-ethyl adjacent to an activating group) is 1. The molecule has 1 aliphatic rings. The normalized spacial score (nSPS) is 21.2. The maximum atomic E-state index is 12.2. The van der Waals surface area contributed by atoms with E-state index >= 15 is 0 Å². The molecule has 0 saturated carbocycles. The van der Waals surface area contributed by atoms with Crippen LogP contribution in [0.15, 0.2) is 18.3 Å². The number of hydrogen-bond donors (Lipinski definition) is 2. The van der Waals surface area contributed by atoms with Crippen molar-refractivity contribution in [1.82, 2.24) is 9.88 Å². The number of aliphatic hydroxyl groups excluding tert-OH is 1. The molecular formula is C13H16N4O3. The van der Waals surface area contributed by atoms with Crippen molar-refractivity contribution in [2.24, 2.45) is 0 Å². The van der Waals surface area contributed by atoms with Gasteiger partial charge in [-0.3, -0.25) is 0 Å². The molecule has 2 N–H and O–H groups in total. The molecule has 2 heterocycles. The van der Waals surface area contributed by atoms with E-state index in [0.29, 0.717) is 18.8 Å². The molecule has 2 atom stereocenters. The fourth-order valence-electron chi connectivity index (χ4n) is 2.09. The Kier molecular flexibility index (Phi) is 4.50. The van der Waals surface area contributed by atoms with Gasteiger partial charge in [0, 0.05) is 6.54 Å². The molecule has 0 aliphatic carbocycles. The van der Waals surface area contributed by atoms with Crippen LogP contribution >= 0.6 is 0 Å². The van der Waals surface area contributed by atoms with Gasteiger partial charge in [0.1, 0.15) is 11.8 Å². The van der Waals surface area contributed by atoms with Crippen LogP contribution < -0.4 is 5.32 Å². The summed E-state index contributed by atoms with van der Waals surface area (Å²) in [6.45, 7) is 2.86. The molecule has 7 heteroatoms. The number of nitrogens with zero attached hydrogens (tertiary/aromatic N) is 3. The number of nitriles is 1. The summed E-state index contributed by atoms with van der Waals surface area (Å²) >= 11 is 0. The second kappa shape index (κ2) is 6.32. The van der Waals surface area contributed by atoms with E-state index in [1.165, 1.54) is 17.2 Å². The van der Waals surface area contributed by atoms with Crippen molar-refractivity contribution < 1.29 is 14.6 Å². The minimum atomic E-state index is -0.667. The third kappa shape index (κ3) is 3.04. The molecule has 1 aliphatic heterocycles. The van der Waals surface area contributed by atoms with Gasteiger partial charge in [0.25, 0.3) is 0 Å². The number of carbonyl (C=O) groups excluding carboxylic acids is 1. The van der Waals surface area contributed by atoms with Crippen molar-refractivity contribution in [2.75, 3.05) is 25.1 Å². The Balaban J connectivity index is 2.03. The molecule has 2 rings (SSSR count). The van der Waals surface area contributed by atoms with Gasteiger partial charge < -0.3 is 20.1 Å². The largest absolute Gasteiger partial charge is 0.388 e. The summed E-state index contributed by atoms with van der Waals surface area (Å²) in [4.78, 5) is 17.6. The average Bonchev–Trinajstić information content (AvgIpc) is 2.87. The number of carbonyl (C=O) groups is 1. The molecule has 1 aromatic rings. The van der Waals surface area contributed by atoms with Crippen LogP contribution in [0.1, 0.15) is 12.6 Å². The molecule has 20 heavy (non-hydrogen) atoms. The predicted octanol–water partition coefficient (Wildman–Crippen LogP) is 0.567. The van der Waals surface area contributed by atoms with Gasteiger partial charge in [-0.05, 0) is 19.1 Å². The van der Waals surface area contributed by atoms with Gasteiger partial charge in [0.05, 0.1) is 37.2 Å². The highest BCUT2D eigenvalue weighted by Crippen LogP contribution is 2.15. The quantitative estimate of drug-likeness (QED) is 0.840. The lowest BCUT2D eigenvalue weighted by atomic mass is 10.2. The van der Waals surface area contributed by atoms with E-state index in [1.54, 1.807) is 6.07 Å². The zero-order chi connectivity index (χ0) is 14.5. The lowest BCUT2D eigenvalue weighted by Gasteiger charge is -2.28. The lowest BCUT2D eigenvalue weighted by molar-refractivity contribution is 0.1000. The van der Waals surface area contributed by atoms with E-state index in [1.807, 2.05) is 13.0 Å². The molecule has 0 unspecified atom stereocenters. The van der Waals surface area contributed by atoms with Crippen molar-refractivity contribution in [3.63, 3.8) is 0 Å². The van der Waals surface area contributed by atoms with Crippen molar-refractivity contribution in [1.29, 1.82) is 5.26 Å². The Morgan fingerprint density at radius 2 is 2.45 bits per heavy atom. The Morgan fingerprint density at radius 3 is 2.95 bits per heavy atom. The number of nitrogens with one attached hydrogen (secondary N) is 1. The van der Waals surface area contributed by atoms with E-state index in [2.05, 4.69) is 10.3 Å². The highest BCUT2D eigenvalue weighted by Gasteiger charge is 2.33. The molecule has 0 spiro atoms. The van der Waals surface area contributed by atoms with Crippen LogP contribution in [0, 0.1) is 11.3 Å². The van der Waals surface area contributed by atoms with E-state index < -0.39 is 6.10 Å². The van der Waals surface area contributed by atoms with Gasteiger partial charge in [-0.15, -0.1) is 0 Å². The average molecular weight is 276 g/mol. The van der Waals surface area contributed by atoms with Gasteiger partial charge in [0.15, 0.2) is 0 Å². The smallest absolute Gasteiger partial charge is 0.322 e.